The molecule has 4 heteroatoms. The Hall–Kier alpha value is -1.62. The highest BCUT2D eigenvalue weighted by Crippen LogP contribution is 2.38. The summed E-state index contributed by atoms with van der Waals surface area (Å²) in [5, 5.41) is 2.76. The zero-order chi connectivity index (χ0) is 19.0. The number of benzene rings is 2. The summed E-state index contributed by atoms with van der Waals surface area (Å²) in [6, 6.07) is 21.5. The second kappa shape index (κ2) is 6.84. The van der Waals surface area contributed by atoms with Crippen LogP contribution in [0, 0.1) is 0 Å². The molecule has 1 heterocycles. The van der Waals surface area contributed by atoms with Crippen molar-refractivity contribution in [3.8, 4) is 0 Å². The van der Waals surface area contributed by atoms with Crippen LogP contribution in [0.5, 0.6) is 0 Å². The van der Waals surface area contributed by atoms with E-state index in [1.807, 2.05) is 0 Å². The molecule has 136 valence electrons. The lowest BCUT2D eigenvalue weighted by Crippen LogP contribution is -2.43. The molecule has 1 aliphatic rings. The van der Waals surface area contributed by atoms with Crippen molar-refractivity contribution in [2.75, 3.05) is 0 Å². The van der Waals surface area contributed by atoms with Crippen molar-refractivity contribution in [3.05, 3.63) is 72.2 Å². The summed E-state index contributed by atoms with van der Waals surface area (Å²) in [6.45, 7) is 13.2. The number of hydrogen-bond acceptors (Lipinski definition) is 2. The van der Waals surface area contributed by atoms with Crippen LogP contribution in [-0.2, 0) is 9.31 Å². The van der Waals surface area contributed by atoms with E-state index in [-0.39, 0.29) is 18.3 Å². The average molecular weight is 364 g/mol. The molecule has 0 amide bonds. The first kappa shape index (κ1) is 19.2. The summed E-state index contributed by atoms with van der Waals surface area (Å²) in [5.74, 6) is 2.21. The minimum absolute atomic E-state index is 0.325. The fourth-order valence-corrected chi connectivity index (χ4v) is 6.16. The van der Waals surface area contributed by atoms with Gasteiger partial charge in [0.2, 0.25) is 0 Å². The second-order valence-corrected chi connectivity index (χ2v) is 12.9. The normalized spacial score (nSPS) is 19.6. The average Bonchev–Trinajstić information content (AvgIpc) is 2.81. The summed E-state index contributed by atoms with van der Waals surface area (Å²) in [7, 11) is -2.24. The van der Waals surface area contributed by atoms with Crippen molar-refractivity contribution in [3.63, 3.8) is 0 Å². The molecule has 26 heavy (non-hydrogen) atoms. The van der Waals surface area contributed by atoms with Gasteiger partial charge in [-0.1, -0.05) is 90.1 Å². The van der Waals surface area contributed by atoms with Crippen molar-refractivity contribution < 1.29 is 9.31 Å². The second-order valence-electron chi connectivity index (χ2n) is 8.56. The monoisotopic (exact) mass is 364 g/mol. The van der Waals surface area contributed by atoms with Crippen LogP contribution in [0.4, 0.5) is 0 Å². The van der Waals surface area contributed by atoms with Crippen LogP contribution in [0.1, 0.15) is 33.3 Å². The number of rotatable bonds is 4. The topological polar surface area (TPSA) is 18.5 Å². The van der Waals surface area contributed by atoms with E-state index in [0.717, 1.165) is 0 Å². The van der Waals surface area contributed by atoms with Gasteiger partial charge in [0, 0.05) is 0 Å². The fourth-order valence-electron chi connectivity index (χ4n) is 3.39. The molecule has 0 radical (unpaired) electrons. The van der Waals surface area contributed by atoms with E-state index in [2.05, 4.69) is 107 Å². The molecule has 0 saturated carbocycles. The van der Waals surface area contributed by atoms with Crippen molar-refractivity contribution in [2.45, 2.75) is 52.0 Å². The smallest absolute Gasteiger partial charge is 0.400 e. The van der Waals surface area contributed by atoms with Gasteiger partial charge >= 0.3 is 7.12 Å². The summed E-state index contributed by atoms with van der Waals surface area (Å²) < 4.78 is 12.5. The van der Waals surface area contributed by atoms with Crippen LogP contribution < -0.4 is 5.19 Å². The fraction of sp³-hybridized carbons (Fsp3) is 0.364. The first-order valence-corrected chi connectivity index (χ1v) is 12.3. The molecule has 0 aliphatic carbocycles. The predicted molar refractivity (Wildman–Crippen MR) is 114 cm³/mol. The SMILES string of the molecule is CC1(C)OB(/C=C(\c2ccccc2)[Si](C)(C)c2ccccc2)OC1(C)C. The minimum atomic E-state index is -1.91. The van der Waals surface area contributed by atoms with Gasteiger partial charge in [0.1, 0.15) is 8.07 Å². The van der Waals surface area contributed by atoms with E-state index in [1.54, 1.807) is 0 Å². The summed E-state index contributed by atoms with van der Waals surface area (Å²) in [5.41, 5.74) is 0.603. The lowest BCUT2D eigenvalue weighted by molar-refractivity contribution is 0.00578. The van der Waals surface area contributed by atoms with Crippen molar-refractivity contribution in [1.82, 2.24) is 0 Å². The molecule has 3 rings (SSSR count). The van der Waals surface area contributed by atoms with Gasteiger partial charge in [-0.3, -0.25) is 0 Å². The summed E-state index contributed by atoms with van der Waals surface area (Å²) in [6.07, 6.45) is 0. The van der Waals surface area contributed by atoms with Crippen LogP contribution in [0.3, 0.4) is 0 Å². The lowest BCUT2D eigenvalue weighted by atomic mass is 9.89. The molecule has 0 bridgehead atoms. The van der Waals surface area contributed by atoms with Gasteiger partial charge in [-0.2, -0.15) is 0 Å². The lowest BCUT2D eigenvalue weighted by Gasteiger charge is -2.32. The Morgan fingerprint density at radius 3 is 1.77 bits per heavy atom. The van der Waals surface area contributed by atoms with E-state index in [1.165, 1.54) is 15.9 Å². The molecule has 2 aromatic carbocycles. The van der Waals surface area contributed by atoms with E-state index in [4.69, 9.17) is 9.31 Å². The van der Waals surface area contributed by atoms with Gasteiger partial charge in [-0.05, 0) is 33.3 Å². The highest BCUT2D eigenvalue weighted by Gasteiger charge is 2.50. The summed E-state index contributed by atoms with van der Waals surface area (Å²) in [4.78, 5) is 0. The van der Waals surface area contributed by atoms with E-state index in [0.29, 0.717) is 0 Å². The molecule has 2 aromatic rings. The van der Waals surface area contributed by atoms with Gasteiger partial charge in [0.05, 0.1) is 11.2 Å². The highest BCUT2D eigenvalue weighted by atomic mass is 28.3. The predicted octanol–water partition coefficient (Wildman–Crippen LogP) is 4.86. The molecule has 1 saturated heterocycles. The Morgan fingerprint density at radius 2 is 1.27 bits per heavy atom. The Labute approximate surface area is 159 Å². The largest absolute Gasteiger partial charge is 0.487 e. The molecule has 1 fully saturated rings. The maximum absolute atomic E-state index is 6.27. The van der Waals surface area contributed by atoms with Gasteiger partial charge in [0.15, 0.2) is 0 Å². The zero-order valence-corrected chi connectivity index (χ0v) is 17.7. The first-order chi connectivity index (χ1) is 12.1. The Kier molecular flexibility index (Phi) is 5.04. The molecular formula is C22H29BO2Si. The third-order valence-electron chi connectivity index (χ3n) is 5.83. The third kappa shape index (κ3) is 3.59. The van der Waals surface area contributed by atoms with E-state index in [9.17, 15) is 0 Å². The van der Waals surface area contributed by atoms with Gasteiger partial charge in [0.25, 0.3) is 0 Å². The minimum Gasteiger partial charge on any atom is -0.400 e. The Balaban J connectivity index is 2.06. The zero-order valence-electron chi connectivity index (χ0n) is 16.7. The molecule has 0 atom stereocenters. The molecule has 0 aromatic heterocycles. The van der Waals surface area contributed by atoms with Crippen molar-refractivity contribution in [1.29, 1.82) is 0 Å². The van der Waals surface area contributed by atoms with Crippen LogP contribution in [0.15, 0.2) is 66.6 Å². The Morgan fingerprint density at radius 1 is 0.808 bits per heavy atom. The molecule has 0 spiro atoms. The van der Waals surface area contributed by atoms with Gasteiger partial charge in [-0.25, -0.2) is 0 Å². The maximum atomic E-state index is 6.27. The van der Waals surface area contributed by atoms with Crippen LogP contribution in [-0.4, -0.2) is 26.4 Å². The van der Waals surface area contributed by atoms with Crippen molar-refractivity contribution >= 4 is 25.6 Å². The highest BCUT2D eigenvalue weighted by molar-refractivity contribution is 7.05. The molecule has 0 N–H and O–H groups in total. The van der Waals surface area contributed by atoms with Crippen molar-refractivity contribution in [2.24, 2.45) is 0 Å². The molecule has 0 unspecified atom stereocenters. The third-order valence-corrected chi connectivity index (χ3v) is 9.41. The van der Waals surface area contributed by atoms with Crippen LogP contribution in [0.2, 0.25) is 13.1 Å². The van der Waals surface area contributed by atoms with Crippen LogP contribution in [0.25, 0.3) is 5.20 Å². The molecule has 2 nitrogen and oxygen atoms in total. The maximum Gasteiger partial charge on any atom is 0.487 e. The standard InChI is InChI=1S/C22H29BO2Si/c1-21(2)22(3,4)25-23(24-21)17-20(18-13-9-7-10-14-18)26(5,6)19-15-11-8-12-16-19/h7-17H,1-6H3/b20-17+. The van der Waals surface area contributed by atoms with Crippen LogP contribution >= 0.6 is 0 Å². The van der Waals surface area contributed by atoms with E-state index < -0.39 is 8.07 Å². The number of hydrogen-bond donors (Lipinski definition) is 0. The van der Waals surface area contributed by atoms with E-state index >= 15 is 0 Å². The van der Waals surface area contributed by atoms with Gasteiger partial charge in [-0.15, -0.1) is 0 Å². The quantitative estimate of drug-likeness (QED) is 0.722. The molecular weight excluding hydrogens is 335 g/mol. The Bertz CT molecular complexity index is 766. The first-order valence-electron chi connectivity index (χ1n) is 9.32. The molecule has 1 aliphatic heterocycles. The summed E-state index contributed by atoms with van der Waals surface area (Å²) >= 11 is 0. The van der Waals surface area contributed by atoms with Gasteiger partial charge < -0.3 is 9.31 Å².